The number of ether oxygens (including phenoxy) is 1. The quantitative estimate of drug-likeness (QED) is 0.559. The van der Waals surface area contributed by atoms with Gasteiger partial charge in [-0.2, -0.15) is 0 Å². The Morgan fingerprint density at radius 2 is 1.82 bits per heavy atom. The lowest BCUT2D eigenvalue weighted by Gasteiger charge is -2.08. The van der Waals surface area contributed by atoms with Crippen molar-refractivity contribution in [2.75, 3.05) is 0 Å². The number of carbonyl (C=O) groups is 1. The molecular formula is C18H16Cl2O2. The minimum Gasteiger partial charge on any atom is -0.426 e. The highest BCUT2D eigenvalue weighted by Crippen LogP contribution is 2.60. The Morgan fingerprint density at radius 3 is 2.55 bits per heavy atom. The third-order valence-corrected chi connectivity index (χ3v) is 4.68. The third kappa shape index (κ3) is 2.73. The van der Waals surface area contributed by atoms with Crippen LogP contribution in [0, 0.1) is 17.3 Å². The molecule has 0 N–H and O–H groups in total. The summed E-state index contributed by atoms with van der Waals surface area (Å²) in [5, 5.41) is 1.97. The summed E-state index contributed by atoms with van der Waals surface area (Å²) in [7, 11) is 0. The summed E-state index contributed by atoms with van der Waals surface area (Å²) < 4.78 is 5.84. The predicted octanol–water partition coefficient (Wildman–Crippen LogP) is 5.34. The molecule has 22 heavy (non-hydrogen) atoms. The molecule has 3 rings (SSSR count). The van der Waals surface area contributed by atoms with Crippen LogP contribution in [-0.2, 0) is 4.79 Å². The van der Waals surface area contributed by atoms with Crippen molar-refractivity contribution in [1.82, 2.24) is 0 Å². The van der Waals surface area contributed by atoms with E-state index >= 15 is 0 Å². The molecular weight excluding hydrogens is 319 g/mol. The fourth-order valence-corrected chi connectivity index (χ4v) is 3.30. The van der Waals surface area contributed by atoms with Crippen LogP contribution in [0.1, 0.15) is 13.8 Å². The molecule has 2 nitrogen and oxygen atoms in total. The van der Waals surface area contributed by atoms with Crippen LogP contribution in [0.3, 0.4) is 0 Å². The number of halogens is 2. The van der Waals surface area contributed by atoms with Crippen LogP contribution in [0.5, 0.6) is 5.75 Å². The zero-order chi connectivity index (χ0) is 15.9. The maximum absolute atomic E-state index is 12.5. The molecule has 0 aliphatic heterocycles. The van der Waals surface area contributed by atoms with Crippen LogP contribution in [0.15, 0.2) is 53.0 Å². The van der Waals surface area contributed by atoms with Crippen molar-refractivity contribution in [3.8, 4) is 5.75 Å². The zero-order valence-corrected chi connectivity index (χ0v) is 13.9. The summed E-state index contributed by atoms with van der Waals surface area (Å²) in [5.41, 5.74) is -0.184. The Hall–Kier alpha value is -1.51. The summed E-state index contributed by atoms with van der Waals surface area (Å²) in [4.78, 5) is 12.5. The van der Waals surface area contributed by atoms with Crippen LogP contribution < -0.4 is 4.74 Å². The lowest BCUT2D eigenvalue weighted by Crippen LogP contribution is -2.14. The Morgan fingerprint density at radius 1 is 1.14 bits per heavy atom. The normalized spacial score (nSPS) is 22.2. The van der Waals surface area contributed by atoms with E-state index in [1.165, 1.54) is 0 Å². The highest BCUT2D eigenvalue weighted by atomic mass is 35.5. The van der Waals surface area contributed by atoms with Crippen molar-refractivity contribution in [2.24, 2.45) is 17.3 Å². The highest BCUT2D eigenvalue weighted by Gasteiger charge is 2.61. The van der Waals surface area contributed by atoms with Gasteiger partial charge in [-0.15, -0.1) is 0 Å². The first-order valence-electron chi connectivity index (χ1n) is 7.13. The lowest BCUT2D eigenvalue weighted by atomic mass is 10.1. The van der Waals surface area contributed by atoms with Gasteiger partial charge in [0.2, 0.25) is 0 Å². The van der Waals surface area contributed by atoms with Crippen LogP contribution in [0.2, 0.25) is 0 Å². The van der Waals surface area contributed by atoms with Gasteiger partial charge < -0.3 is 4.74 Å². The molecule has 0 aromatic heterocycles. The molecule has 1 saturated carbocycles. The van der Waals surface area contributed by atoms with Crippen molar-refractivity contribution in [1.29, 1.82) is 0 Å². The molecule has 114 valence electrons. The molecule has 2 atom stereocenters. The standard InChI is InChI=1S/C18H16Cl2O2/c1-18(2)13(10-15(19)20)16(18)17(21)22-14-9-5-7-11-6-3-4-8-12(11)14/h3-10,13,16H,1-2H3/t13-,16+/m1/s1. The van der Waals surface area contributed by atoms with Gasteiger partial charge in [-0.1, -0.05) is 73.4 Å². The van der Waals surface area contributed by atoms with E-state index in [1.807, 2.05) is 56.3 Å². The molecule has 1 aliphatic carbocycles. The number of rotatable bonds is 3. The van der Waals surface area contributed by atoms with E-state index in [4.69, 9.17) is 27.9 Å². The molecule has 1 fully saturated rings. The molecule has 0 radical (unpaired) electrons. The van der Waals surface area contributed by atoms with Gasteiger partial charge >= 0.3 is 5.97 Å². The smallest absolute Gasteiger partial charge is 0.315 e. The van der Waals surface area contributed by atoms with E-state index in [9.17, 15) is 4.79 Å². The molecule has 0 bridgehead atoms. The first kappa shape index (κ1) is 15.4. The molecule has 2 aromatic rings. The molecule has 2 aromatic carbocycles. The Bertz CT molecular complexity index is 755. The molecule has 0 saturated heterocycles. The van der Waals surface area contributed by atoms with E-state index in [1.54, 1.807) is 6.08 Å². The largest absolute Gasteiger partial charge is 0.426 e. The highest BCUT2D eigenvalue weighted by molar-refractivity contribution is 6.55. The topological polar surface area (TPSA) is 26.3 Å². The van der Waals surface area contributed by atoms with E-state index in [2.05, 4.69) is 0 Å². The molecule has 0 unspecified atom stereocenters. The van der Waals surface area contributed by atoms with E-state index < -0.39 is 0 Å². The van der Waals surface area contributed by atoms with Crippen molar-refractivity contribution < 1.29 is 9.53 Å². The number of fused-ring (bicyclic) bond motifs is 1. The predicted molar refractivity (Wildman–Crippen MR) is 90.1 cm³/mol. The summed E-state index contributed by atoms with van der Waals surface area (Å²) in [5.74, 6) is 0.140. The monoisotopic (exact) mass is 334 g/mol. The number of carbonyl (C=O) groups excluding carboxylic acids is 1. The number of allylic oxidation sites excluding steroid dienone is 1. The van der Waals surface area contributed by atoms with Crippen LogP contribution in [-0.4, -0.2) is 5.97 Å². The average molecular weight is 335 g/mol. The lowest BCUT2D eigenvalue weighted by molar-refractivity contribution is -0.136. The second kappa shape index (κ2) is 5.60. The van der Waals surface area contributed by atoms with Gasteiger partial charge in [0.1, 0.15) is 10.2 Å². The van der Waals surface area contributed by atoms with Crippen LogP contribution in [0.4, 0.5) is 0 Å². The molecule has 4 heteroatoms. The summed E-state index contributed by atoms with van der Waals surface area (Å²) in [6.07, 6.45) is 1.72. The van der Waals surface area contributed by atoms with Crippen molar-refractivity contribution in [2.45, 2.75) is 13.8 Å². The maximum Gasteiger partial charge on any atom is 0.315 e. The Kier molecular flexibility index (Phi) is 3.92. The fraction of sp³-hybridized carbons (Fsp3) is 0.278. The molecule has 0 spiro atoms. The van der Waals surface area contributed by atoms with Gasteiger partial charge in [-0.05, 0) is 28.9 Å². The zero-order valence-electron chi connectivity index (χ0n) is 12.3. The van der Waals surface area contributed by atoms with Crippen LogP contribution >= 0.6 is 23.2 Å². The van der Waals surface area contributed by atoms with Gasteiger partial charge in [0, 0.05) is 5.39 Å². The van der Waals surface area contributed by atoms with Crippen molar-refractivity contribution in [3.05, 3.63) is 53.0 Å². The van der Waals surface area contributed by atoms with Gasteiger partial charge in [0.15, 0.2) is 0 Å². The maximum atomic E-state index is 12.5. The van der Waals surface area contributed by atoms with Gasteiger partial charge in [0.05, 0.1) is 5.92 Å². The minimum atomic E-state index is -0.239. The first-order chi connectivity index (χ1) is 10.4. The number of benzene rings is 2. The number of esters is 1. The van der Waals surface area contributed by atoms with Gasteiger partial charge in [-0.25, -0.2) is 0 Å². The van der Waals surface area contributed by atoms with Crippen molar-refractivity contribution in [3.63, 3.8) is 0 Å². The molecule has 1 aliphatic rings. The average Bonchev–Trinajstić information content (AvgIpc) is 2.99. The Labute approximate surface area is 139 Å². The number of hydrogen-bond acceptors (Lipinski definition) is 2. The van der Waals surface area contributed by atoms with E-state index in [-0.39, 0.29) is 27.7 Å². The minimum absolute atomic E-state index is 0.0139. The van der Waals surface area contributed by atoms with Gasteiger partial charge in [0.25, 0.3) is 0 Å². The second-order valence-corrected chi connectivity index (χ2v) is 7.19. The first-order valence-corrected chi connectivity index (χ1v) is 7.89. The molecule has 0 amide bonds. The van der Waals surface area contributed by atoms with E-state index in [0.29, 0.717) is 5.75 Å². The number of hydrogen-bond donors (Lipinski definition) is 0. The van der Waals surface area contributed by atoms with Crippen LogP contribution in [0.25, 0.3) is 10.8 Å². The third-order valence-electron chi connectivity index (χ3n) is 4.43. The second-order valence-electron chi connectivity index (χ2n) is 6.18. The van der Waals surface area contributed by atoms with E-state index in [0.717, 1.165) is 10.8 Å². The summed E-state index contributed by atoms with van der Waals surface area (Å²) in [6, 6.07) is 13.5. The van der Waals surface area contributed by atoms with Crippen molar-refractivity contribution >= 4 is 39.9 Å². The van der Waals surface area contributed by atoms with Gasteiger partial charge in [-0.3, -0.25) is 4.79 Å². The SMILES string of the molecule is CC1(C)[C@H](C=C(Cl)Cl)[C@H]1C(=O)Oc1cccc2ccccc12. The summed E-state index contributed by atoms with van der Waals surface area (Å²) >= 11 is 11.4. The molecule has 0 heterocycles. The Balaban J connectivity index is 1.84. The summed E-state index contributed by atoms with van der Waals surface area (Å²) in [6.45, 7) is 4.03. The fourth-order valence-electron chi connectivity index (χ4n) is 3.03.